The second kappa shape index (κ2) is 10.7. The van der Waals surface area contributed by atoms with E-state index in [0.29, 0.717) is 26.1 Å². The Morgan fingerprint density at radius 3 is 2.26 bits per heavy atom. The molecule has 2 fully saturated rings. The van der Waals surface area contributed by atoms with Gasteiger partial charge in [0, 0.05) is 45.9 Å². The van der Waals surface area contributed by atoms with Crippen LogP contribution in [0.3, 0.4) is 0 Å². The van der Waals surface area contributed by atoms with Gasteiger partial charge in [-0.25, -0.2) is 0 Å². The summed E-state index contributed by atoms with van der Waals surface area (Å²) in [6.45, 7) is 10.3. The minimum Gasteiger partial charge on any atom is -0.381 e. The molecule has 2 aliphatic heterocycles. The zero-order valence-electron chi connectivity index (χ0n) is 14.2. The van der Waals surface area contributed by atoms with Gasteiger partial charge in [0.15, 0.2) is 0 Å². The van der Waals surface area contributed by atoms with Crippen LogP contribution >= 0.6 is 24.8 Å². The molecule has 1 amide bonds. The Labute approximate surface area is 151 Å². The lowest BCUT2D eigenvalue weighted by Gasteiger charge is -2.40. The number of nitrogens with zero attached hydrogens (tertiary/aromatic N) is 2. The molecule has 0 saturated carbocycles. The Bertz CT molecular complexity index is 345. The molecule has 0 aromatic rings. The first-order valence-electron chi connectivity index (χ1n) is 8.01. The molecule has 0 atom stereocenters. The molecule has 0 aromatic carbocycles. The maximum absolute atomic E-state index is 12.6. The molecule has 0 aromatic heterocycles. The smallest absolute Gasteiger partial charge is 0.242 e. The fourth-order valence-electron chi connectivity index (χ4n) is 2.86. The molecule has 0 unspecified atom stereocenters. The van der Waals surface area contributed by atoms with E-state index in [2.05, 4.69) is 4.90 Å². The van der Waals surface area contributed by atoms with Gasteiger partial charge >= 0.3 is 0 Å². The summed E-state index contributed by atoms with van der Waals surface area (Å²) in [7, 11) is 0. The van der Waals surface area contributed by atoms with Crippen LogP contribution in [0.15, 0.2) is 0 Å². The highest BCUT2D eigenvalue weighted by Crippen LogP contribution is 2.21. The van der Waals surface area contributed by atoms with E-state index in [1.54, 1.807) is 0 Å². The van der Waals surface area contributed by atoms with Crippen molar-refractivity contribution in [2.45, 2.75) is 38.3 Å². The second-order valence-corrected chi connectivity index (χ2v) is 6.32. The molecule has 138 valence electrons. The third kappa shape index (κ3) is 6.72. The highest BCUT2D eigenvalue weighted by atomic mass is 35.5. The average Bonchev–Trinajstić information content (AvgIpc) is 2.48. The van der Waals surface area contributed by atoms with E-state index in [0.717, 1.165) is 39.3 Å². The van der Waals surface area contributed by atoms with Gasteiger partial charge in [-0.1, -0.05) is 0 Å². The van der Waals surface area contributed by atoms with Crippen LogP contribution in [0.5, 0.6) is 0 Å². The van der Waals surface area contributed by atoms with Crippen molar-refractivity contribution in [3.05, 3.63) is 0 Å². The van der Waals surface area contributed by atoms with Gasteiger partial charge in [0.05, 0.1) is 18.2 Å². The lowest BCUT2D eigenvalue weighted by molar-refractivity contribution is -0.142. The van der Waals surface area contributed by atoms with Crippen LogP contribution in [-0.4, -0.2) is 79.9 Å². The normalized spacial score (nSPS) is 21.5. The van der Waals surface area contributed by atoms with Crippen LogP contribution in [0.2, 0.25) is 0 Å². The number of carbonyl (C=O) groups is 1. The van der Waals surface area contributed by atoms with Gasteiger partial charge in [-0.15, -0.1) is 24.8 Å². The summed E-state index contributed by atoms with van der Waals surface area (Å²) in [6, 6.07) is 0. The number of hydrogen-bond acceptors (Lipinski definition) is 5. The van der Waals surface area contributed by atoms with Gasteiger partial charge in [-0.3, -0.25) is 9.69 Å². The largest absolute Gasteiger partial charge is 0.381 e. The summed E-state index contributed by atoms with van der Waals surface area (Å²) in [4.78, 5) is 16.9. The van der Waals surface area contributed by atoms with Crippen molar-refractivity contribution in [2.75, 3.05) is 52.5 Å². The highest BCUT2D eigenvalue weighted by molar-refractivity contribution is 5.86. The monoisotopic (exact) mass is 371 g/mol. The van der Waals surface area contributed by atoms with Crippen LogP contribution in [-0.2, 0) is 14.3 Å². The van der Waals surface area contributed by atoms with E-state index in [1.807, 2.05) is 18.7 Å². The molecule has 6 nitrogen and oxygen atoms in total. The number of halogens is 2. The van der Waals surface area contributed by atoms with Gasteiger partial charge in [0.25, 0.3) is 0 Å². The van der Waals surface area contributed by atoms with Crippen LogP contribution in [0.1, 0.15) is 26.7 Å². The van der Waals surface area contributed by atoms with Crippen molar-refractivity contribution < 1.29 is 14.3 Å². The Kier molecular flexibility index (Phi) is 10.6. The molecule has 2 saturated heterocycles. The molecule has 23 heavy (non-hydrogen) atoms. The summed E-state index contributed by atoms with van der Waals surface area (Å²) in [5.74, 6) is 0.101. The van der Waals surface area contributed by atoms with Crippen LogP contribution in [0.25, 0.3) is 0 Å². The quantitative estimate of drug-likeness (QED) is 0.777. The van der Waals surface area contributed by atoms with Crippen LogP contribution in [0.4, 0.5) is 0 Å². The maximum atomic E-state index is 12.6. The number of hydrogen-bond donors (Lipinski definition) is 1. The SMILES string of the molecule is CC(C)OCCN1CCN(C(=O)C2(N)CCOCC2)CC1.Cl.Cl. The fourth-order valence-corrected chi connectivity index (χ4v) is 2.86. The summed E-state index contributed by atoms with van der Waals surface area (Å²) in [6.07, 6.45) is 1.54. The standard InChI is InChI=1S/C15H29N3O3.2ClH/c1-13(2)21-12-9-17-5-7-18(8-6-17)14(19)15(16)3-10-20-11-4-15;;/h13H,3-12,16H2,1-2H3;2*1H. The Morgan fingerprint density at radius 1 is 1.17 bits per heavy atom. The molecule has 8 heteroatoms. The summed E-state index contributed by atoms with van der Waals surface area (Å²) < 4.78 is 10.9. The Hall–Kier alpha value is -0.110. The lowest BCUT2D eigenvalue weighted by atomic mass is 9.89. The number of rotatable bonds is 5. The van der Waals surface area contributed by atoms with Gasteiger partial charge in [0.1, 0.15) is 0 Å². The van der Waals surface area contributed by atoms with E-state index in [4.69, 9.17) is 15.2 Å². The Balaban J connectivity index is 0.00000242. The molecule has 0 bridgehead atoms. The molecule has 0 spiro atoms. The van der Waals surface area contributed by atoms with Gasteiger partial charge in [-0.05, 0) is 26.7 Å². The first-order valence-corrected chi connectivity index (χ1v) is 8.01. The van der Waals surface area contributed by atoms with Gasteiger partial charge in [-0.2, -0.15) is 0 Å². The van der Waals surface area contributed by atoms with E-state index in [-0.39, 0.29) is 36.8 Å². The van der Waals surface area contributed by atoms with Gasteiger partial charge < -0.3 is 20.1 Å². The van der Waals surface area contributed by atoms with Crippen LogP contribution < -0.4 is 5.73 Å². The predicted molar refractivity (Wildman–Crippen MR) is 95.6 cm³/mol. The molecule has 0 aliphatic carbocycles. The number of amides is 1. The lowest BCUT2D eigenvalue weighted by Crippen LogP contribution is -2.61. The fraction of sp³-hybridized carbons (Fsp3) is 0.933. The molecule has 2 N–H and O–H groups in total. The molecular formula is C15H31Cl2N3O3. The van der Waals surface area contributed by atoms with Crippen molar-refractivity contribution in [3.8, 4) is 0 Å². The minimum absolute atomic E-state index is 0. The first kappa shape index (κ1) is 22.9. The number of carbonyl (C=O) groups excluding carboxylic acids is 1. The minimum atomic E-state index is -0.707. The van der Waals surface area contributed by atoms with Crippen molar-refractivity contribution in [1.29, 1.82) is 0 Å². The topological polar surface area (TPSA) is 68.0 Å². The van der Waals surface area contributed by atoms with Crippen LogP contribution in [0, 0.1) is 0 Å². The summed E-state index contributed by atoms with van der Waals surface area (Å²) in [5.41, 5.74) is 5.57. The first-order chi connectivity index (χ1) is 10.0. The van der Waals surface area contributed by atoms with E-state index in [9.17, 15) is 4.79 Å². The van der Waals surface area contributed by atoms with E-state index >= 15 is 0 Å². The summed E-state index contributed by atoms with van der Waals surface area (Å²) in [5, 5.41) is 0. The number of nitrogens with two attached hydrogens (primary N) is 1. The van der Waals surface area contributed by atoms with Crippen molar-refractivity contribution in [1.82, 2.24) is 9.80 Å². The highest BCUT2D eigenvalue weighted by Gasteiger charge is 2.39. The third-order valence-electron chi connectivity index (χ3n) is 4.33. The zero-order valence-corrected chi connectivity index (χ0v) is 15.8. The maximum Gasteiger partial charge on any atom is 0.242 e. The molecule has 2 aliphatic rings. The molecular weight excluding hydrogens is 341 g/mol. The van der Waals surface area contributed by atoms with E-state index < -0.39 is 5.54 Å². The zero-order chi connectivity index (χ0) is 15.3. The molecule has 2 heterocycles. The summed E-state index contributed by atoms with van der Waals surface area (Å²) >= 11 is 0. The predicted octanol–water partition coefficient (Wildman–Crippen LogP) is 0.907. The Morgan fingerprint density at radius 2 is 1.74 bits per heavy atom. The van der Waals surface area contributed by atoms with E-state index in [1.165, 1.54) is 0 Å². The van der Waals surface area contributed by atoms with Gasteiger partial charge in [0.2, 0.25) is 5.91 Å². The molecule has 0 radical (unpaired) electrons. The van der Waals surface area contributed by atoms with Crippen molar-refractivity contribution in [2.24, 2.45) is 5.73 Å². The van der Waals surface area contributed by atoms with Crippen molar-refractivity contribution >= 4 is 30.7 Å². The number of ether oxygens (including phenoxy) is 2. The van der Waals surface area contributed by atoms with Crippen molar-refractivity contribution in [3.63, 3.8) is 0 Å². The number of piperazine rings is 1. The molecule has 2 rings (SSSR count). The second-order valence-electron chi connectivity index (χ2n) is 6.32. The average molecular weight is 372 g/mol. The third-order valence-corrected chi connectivity index (χ3v) is 4.33.